The van der Waals surface area contributed by atoms with Gasteiger partial charge in [-0.1, -0.05) is 61.9 Å². The van der Waals surface area contributed by atoms with Crippen molar-refractivity contribution in [3.63, 3.8) is 0 Å². The monoisotopic (exact) mass is 396 g/mol. The highest BCUT2D eigenvalue weighted by molar-refractivity contribution is 5.88. The fourth-order valence-corrected chi connectivity index (χ4v) is 3.12. The SMILES string of the molecule is CCCNC(=O)[C@@H](CC)N(Cc1ccc(C)cc1)C(=O)COc1ccccc1C. The summed E-state index contributed by atoms with van der Waals surface area (Å²) in [5.74, 6) is 0.359. The van der Waals surface area contributed by atoms with Crippen LogP contribution in [0.4, 0.5) is 0 Å². The molecule has 0 aromatic heterocycles. The molecule has 1 N–H and O–H groups in total. The summed E-state index contributed by atoms with van der Waals surface area (Å²) in [7, 11) is 0. The van der Waals surface area contributed by atoms with E-state index in [2.05, 4.69) is 5.32 Å². The number of hydrogen-bond donors (Lipinski definition) is 1. The van der Waals surface area contributed by atoms with Gasteiger partial charge in [0.2, 0.25) is 5.91 Å². The molecule has 0 aliphatic rings. The molecule has 2 rings (SSSR count). The Kier molecular flexibility index (Phi) is 8.71. The summed E-state index contributed by atoms with van der Waals surface area (Å²) in [5, 5.41) is 2.92. The number of ether oxygens (including phenoxy) is 1. The van der Waals surface area contributed by atoms with Crippen molar-refractivity contribution >= 4 is 11.8 Å². The third-order valence-corrected chi connectivity index (χ3v) is 4.85. The Morgan fingerprint density at radius 2 is 1.72 bits per heavy atom. The quantitative estimate of drug-likeness (QED) is 0.660. The Labute approximate surface area is 174 Å². The number of hydrogen-bond acceptors (Lipinski definition) is 3. The van der Waals surface area contributed by atoms with E-state index in [9.17, 15) is 9.59 Å². The highest BCUT2D eigenvalue weighted by atomic mass is 16.5. The van der Waals surface area contributed by atoms with Gasteiger partial charge >= 0.3 is 0 Å². The van der Waals surface area contributed by atoms with E-state index in [0.29, 0.717) is 25.3 Å². The van der Waals surface area contributed by atoms with Gasteiger partial charge in [-0.15, -0.1) is 0 Å². The van der Waals surface area contributed by atoms with Crippen LogP contribution in [-0.2, 0) is 16.1 Å². The maximum absolute atomic E-state index is 13.1. The highest BCUT2D eigenvalue weighted by Crippen LogP contribution is 2.18. The minimum absolute atomic E-state index is 0.103. The number of aryl methyl sites for hydroxylation is 2. The Bertz CT molecular complexity index is 802. The van der Waals surface area contributed by atoms with E-state index in [1.807, 2.05) is 76.2 Å². The van der Waals surface area contributed by atoms with Gasteiger partial charge in [0, 0.05) is 13.1 Å². The van der Waals surface area contributed by atoms with Crippen LogP contribution in [-0.4, -0.2) is 35.9 Å². The first-order valence-corrected chi connectivity index (χ1v) is 10.3. The number of amides is 2. The Morgan fingerprint density at radius 1 is 1.03 bits per heavy atom. The largest absolute Gasteiger partial charge is 0.484 e. The molecule has 2 amide bonds. The highest BCUT2D eigenvalue weighted by Gasteiger charge is 2.28. The maximum Gasteiger partial charge on any atom is 0.261 e. The molecule has 0 fully saturated rings. The molecule has 5 nitrogen and oxygen atoms in total. The van der Waals surface area contributed by atoms with Crippen LogP contribution in [0.2, 0.25) is 0 Å². The first-order valence-electron chi connectivity index (χ1n) is 10.3. The van der Waals surface area contributed by atoms with Gasteiger partial charge < -0.3 is 15.0 Å². The summed E-state index contributed by atoms with van der Waals surface area (Å²) in [6.45, 7) is 8.76. The fraction of sp³-hybridized carbons (Fsp3) is 0.417. The summed E-state index contributed by atoms with van der Waals surface area (Å²) in [5.41, 5.74) is 3.11. The van der Waals surface area contributed by atoms with Crippen molar-refractivity contribution in [1.29, 1.82) is 0 Å². The third kappa shape index (κ3) is 6.63. The number of nitrogens with zero attached hydrogens (tertiary/aromatic N) is 1. The zero-order valence-corrected chi connectivity index (χ0v) is 17.9. The molecule has 0 saturated carbocycles. The number of nitrogens with one attached hydrogen (secondary N) is 1. The molecule has 0 radical (unpaired) electrons. The van der Waals surface area contributed by atoms with Gasteiger partial charge in [0.1, 0.15) is 11.8 Å². The van der Waals surface area contributed by atoms with Crippen molar-refractivity contribution in [3.8, 4) is 5.75 Å². The second-order valence-electron chi connectivity index (χ2n) is 7.28. The van der Waals surface area contributed by atoms with Crippen molar-refractivity contribution in [2.45, 2.75) is 53.1 Å². The topological polar surface area (TPSA) is 58.6 Å². The molecule has 0 aliphatic carbocycles. The summed E-state index contributed by atoms with van der Waals surface area (Å²) in [6.07, 6.45) is 1.39. The Balaban J connectivity index is 2.19. The molecule has 0 spiro atoms. The lowest BCUT2D eigenvalue weighted by molar-refractivity contribution is -0.143. The van der Waals surface area contributed by atoms with E-state index in [4.69, 9.17) is 4.74 Å². The van der Waals surface area contributed by atoms with Crippen molar-refractivity contribution in [2.24, 2.45) is 0 Å². The zero-order chi connectivity index (χ0) is 21.2. The van der Waals surface area contributed by atoms with Crippen LogP contribution in [0.3, 0.4) is 0 Å². The number of benzene rings is 2. The van der Waals surface area contributed by atoms with Gasteiger partial charge in [-0.2, -0.15) is 0 Å². The molecule has 2 aromatic carbocycles. The molecule has 0 saturated heterocycles. The van der Waals surface area contributed by atoms with Crippen LogP contribution < -0.4 is 10.1 Å². The molecule has 1 atom stereocenters. The molecular formula is C24H32N2O3. The second-order valence-corrected chi connectivity index (χ2v) is 7.28. The lowest BCUT2D eigenvalue weighted by atomic mass is 10.1. The van der Waals surface area contributed by atoms with Crippen molar-refractivity contribution in [1.82, 2.24) is 10.2 Å². The predicted molar refractivity (Wildman–Crippen MR) is 116 cm³/mol. The van der Waals surface area contributed by atoms with Crippen LogP contribution in [0.25, 0.3) is 0 Å². The second kappa shape index (κ2) is 11.2. The normalized spacial score (nSPS) is 11.6. The standard InChI is InChI=1S/C24H32N2O3/c1-5-15-25-24(28)21(6-2)26(16-20-13-11-18(3)12-14-20)23(27)17-29-22-10-8-7-9-19(22)4/h7-14,21H,5-6,15-17H2,1-4H3,(H,25,28)/t21-/m1/s1. The van der Waals surface area contributed by atoms with Crippen molar-refractivity contribution in [3.05, 3.63) is 65.2 Å². The van der Waals surface area contributed by atoms with E-state index < -0.39 is 6.04 Å². The molecule has 29 heavy (non-hydrogen) atoms. The van der Waals surface area contributed by atoms with E-state index in [-0.39, 0.29) is 18.4 Å². The minimum Gasteiger partial charge on any atom is -0.484 e. The molecule has 0 heterocycles. The van der Waals surface area contributed by atoms with Gasteiger partial charge in [0.25, 0.3) is 5.91 Å². The van der Waals surface area contributed by atoms with E-state index in [1.165, 1.54) is 0 Å². The smallest absolute Gasteiger partial charge is 0.261 e. The van der Waals surface area contributed by atoms with Crippen LogP contribution >= 0.6 is 0 Å². The predicted octanol–water partition coefficient (Wildman–Crippen LogP) is 4.02. The molecule has 2 aromatic rings. The number of carbonyl (C=O) groups is 2. The number of carbonyl (C=O) groups excluding carboxylic acids is 2. The van der Waals surface area contributed by atoms with Crippen LogP contribution in [0, 0.1) is 13.8 Å². The van der Waals surface area contributed by atoms with E-state index >= 15 is 0 Å². The molecule has 156 valence electrons. The Hall–Kier alpha value is -2.82. The van der Waals surface area contributed by atoms with Crippen molar-refractivity contribution in [2.75, 3.05) is 13.2 Å². The summed E-state index contributed by atoms with van der Waals surface area (Å²) in [4.78, 5) is 27.4. The van der Waals surface area contributed by atoms with Gasteiger partial charge in [-0.05, 0) is 43.9 Å². The average molecular weight is 397 g/mol. The maximum atomic E-state index is 13.1. The van der Waals surface area contributed by atoms with Gasteiger partial charge in [0.15, 0.2) is 6.61 Å². The summed E-state index contributed by atoms with van der Waals surface area (Å²) < 4.78 is 5.77. The van der Waals surface area contributed by atoms with Gasteiger partial charge in [0.05, 0.1) is 0 Å². The summed E-state index contributed by atoms with van der Waals surface area (Å²) in [6, 6.07) is 15.1. The van der Waals surface area contributed by atoms with Crippen LogP contribution in [0.15, 0.2) is 48.5 Å². The average Bonchev–Trinajstić information content (AvgIpc) is 2.72. The minimum atomic E-state index is -0.532. The van der Waals surface area contributed by atoms with Crippen LogP contribution in [0.5, 0.6) is 5.75 Å². The first-order chi connectivity index (χ1) is 14.0. The number of rotatable bonds is 10. The lowest BCUT2D eigenvalue weighted by Crippen LogP contribution is -2.50. The third-order valence-electron chi connectivity index (χ3n) is 4.85. The molecule has 0 bridgehead atoms. The molecule has 5 heteroatoms. The molecule has 0 aliphatic heterocycles. The van der Waals surface area contributed by atoms with Gasteiger partial charge in [-0.25, -0.2) is 0 Å². The van der Waals surface area contributed by atoms with E-state index in [1.54, 1.807) is 4.90 Å². The fourth-order valence-electron chi connectivity index (χ4n) is 3.12. The summed E-state index contributed by atoms with van der Waals surface area (Å²) >= 11 is 0. The van der Waals surface area contributed by atoms with Gasteiger partial charge in [-0.3, -0.25) is 9.59 Å². The van der Waals surface area contributed by atoms with Crippen molar-refractivity contribution < 1.29 is 14.3 Å². The van der Waals surface area contributed by atoms with E-state index in [0.717, 1.165) is 23.1 Å². The van der Waals surface area contributed by atoms with Crippen LogP contribution in [0.1, 0.15) is 43.4 Å². The Morgan fingerprint density at radius 3 is 2.34 bits per heavy atom. The number of para-hydroxylation sites is 1. The lowest BCUT2D eigenvalue weighted by Gasteiger charge is -2.30. The molecule has 0 unspecified atom stereocenters. The zero-order valence-electron chi connectivity index (χ0n) is 17.9. The molecular weight excluding hydrogens is 364 g/mol. The first kappa shape index (κ1) is 22.5.